The van der Waals surface area contributed by atoms with Crippen molar-refractivity contribution < 1.29 is 14.3 Å². The molecule has 2 rings (SSSR count). The number of carboxylic acids is 1. The third-order valence-electron chi connectivity index (χ3n) is 1.61. The van der Waals surface area contributed by atoms with Crippen LogP contribution < -0.4 is 0 Å². The molecule has 0 saturated carbocycles. The first-order chi connectivity index (χ1) is 5.79. The van der Waals surface area contributed by atoms with Crippen molar-refractivity contribution in [3.63, 3.8) is 0 Å². The van der Waals surface area contributed by atoms with Gasteiger partial charge < -0.3 is 9.52 Å². The van der Waals surface area contributed by atoms with Gasteiger partial charge >= 0.3 is 5.97 Å². The predicted octanol–water partition coefficient (Wildman–Crippen LogP) is 1.53. The summed E-state index contributed by atoms with van der Waals surface area (Å²) < 4.78 is 4.99. The van der Waals surface area contributed by atoms with Crippen LogP contribution in [0.1, 0.15) is 10.4 Å². The number of furan rings is 1. The van der Waals surface area contributed by atoms with Crippen LogP contribution >= 0.6 is 0 Å². The SMILES string of the molecule is O=C(O)c1coc2ccncc12. The molecule has 0 unspecified atom stereocenters. The minimum Gasteiger partial charge on any atom is -0.478 e. The summed E-state index contributed by atoms with van der Waals surface area (Å²) in [5, 5.41) is 9.22. The molecule has 0 bridgehead atoms. The Hall–Kier alpha value is -1.84. The lowest BCUT2D eigenvalue weighted by molar-refractivity contribution is 0.0698. The highest BCUT2D eigenvalue weighted by Crippen LogP contribution is 2.18. The Morgan fingerprint density at radius 2 is 2.42 bits per heavy atom. The van der Waals surface area contributed by atoms with Crippen LogP contribution in [0, 0.1) is 0 Å². The van der Waals surface area contributed by atoms with E-state index >= 15 is 0 Å². The molecule has 2 heterocycles. The average Bonchev–Trinajstić information content (AvgIpc) is 2.47. The normalized spacial score (nSPS) is 10.3. The largest absolute Gasteiger partial charge is 0.478 e. The van der Waals surface area contributed by atoms with Gasteiger partial charge in [0.05, 0.1) is 5.39 Å². The van der Waals surface area contributed by atoms with Crippen molar-refractivity contribution in [3.05, 3.63) is 30.3 Å². The van der Waals surface area contributed by atoms with Crippen LogP contribution in [0.25, 0.3) is 11.0 Å². The van der Waals surface area contributed by atoms with E-state index in [1.54, 1.807) is 12.3 Å². The van der Waals surface area contributed by atoms with Gasteiger partial charge in [-0.3, -0.25) is 4.98 Å². The van der Waals surface area contributed by atoms with Gasteiger partial charge in [-0.05, 0) is 6.07 Å². The third-order valence-corrected chi connectivity index (χ3v) is 1.61. The Labute approximate surface area is 67.4 Å². The lowest BCUT2D eigenvalue weighted by Crippen LogP contribution is -1.93. The van der Waals surface area contributed by atoms with Crippen LogP contribution in [0.4, 0.5) is 0 Å². The zero-order valence-electron chi connectivity index (χ0n) is 6.02. The van der Waals surface area contributed by atoms with Crippen molar-refractivity contribution in [2.24, 2.45) is 0 Å². The summed E-state index contributed by atoms with van der Waals surface area (Å²) in [5.74, 6) is -0.998. The van der Waals surface area contributed by atoms with Crippen molar-refractivity contribution in [1.82, 2.24) is 4.98 Å². The lowest BCUT2D eigenvalue weighted by Gasteiger charge is -1.86. The summed E-state index contributed by atoms with van der Waals surface area (Å²) in [7, 11) is 0. The minimum atomic E-state index is -0.998. The first-order valence-corrected chi connectivity index (χ1v) is 3.33. The highest BCUT2D eigenvalue weighted by Gasteiger charge is 2.11. The fourth-order valence-corrected chi connectivity index (χ4v) is 1.04. The maximum atomic E-state index is 10.6. The second kappa shape index (κ2) is 2.34. The van der Waals surface area contributed by atoms with E-state index in [9.17, 15) is 4.79 Å². The maximum absolute atomic E-state index is 10.6. The van der Waals surface area contributed by atoms with E-state index in [4.69, 9.17) is 9.52 Å². The minimum absolute atomic E-state index is 0.151. The van der Waals surface area contributed by atoms with E-state index in [1.807, 2.05) is 0 Å². The molecule has 4 nitrogen and oxygen atoms in total. The molecule has 60 valence electrons. The first kappa shape index (κ1) is 6.84. The Balaban J connectivity index is 2.79. The fraction of sp³-hybridized carbons (Fsp3) is 0. The standard InChI is InChI=1S/C8H5NO3/c10-8(11)6-4-12-7-1-2-9-3-5(6)7/h1-4H,(H,10,11). The van der Waals surface area contributed by atoms with Gasteiger partial charge in [-0.1, -0.05) is 0 Å². The van der Waals surface area contributed by atoms with Crippen molar-refractivity contribution >= 4 is 16.9 Å². The Morgan fingerprint density at radius 3 is 3.17 bits per heavy atom. The zero-order valence-corrected chi connectivity index (χ0v) is 6.02. The van der Waals surface area contributed by atoms with Crippen molar-refractivity contribution in [3.8, 4) is 0 Å². The molecule has 0 radical (unpaired) electrons. The smallest absolute Gasteiger partial charge is 0.339 e. The molecule has 0 spiro atoms. The monoisotopic (exact) mass is 163 g/mol. The van der Waals surface area contributed by atoms with Crippen molar-refractivity contribution in [1.29, 1.82) is 0 Å². The number of aromatic carboxylic acids is 1. The van der Waals surface area contributed by atoms with Gasteiger partial charge in [0.15, 0.2) is 0 Å². The Morgan fingerprint density at radius 1 is 1.58 bits per heavy atom. The number of pyridine rings is 1. The van der Waals surface area contributed by atoms with Gasteiger partial charge in [0.2, 0.25) is 0 Å². The van der Waals surface area contributed by atoms with Gasteiger partial charge in [0.1, 0.15) is 17.4 Å². The summed E-state index contributed by atoms with van der Waals surface area (Å²) in [4.78, 5) is 14.4. The molecule has 12 heavy (non-hydrogen) atoms. The fourth-order valence-electron chi connectivity index (χ4n) is 1.04. The van der Waals surface area contributed by atoms with Crippen molar-refractivity contribution in [2.75, 3.05) is 0 Å². The molecule has 0 aliphatic heterocycles. The molecular weight excluding hydrogens is 158 g/mol. The van der Waals surface area contributed by atoms with Crippen LogP contribution in [0.15, 0.2) is 29.1 Å². The Bertz CT molecular complexity index is 433. The molecule has 0 aliphatic rings. The van der Waals surface area contributed by atoms with Crippen molar-refractivity contribution in [2.45, 2.75) is 0 Å². The summed E-state index contributed by atoms with van der Waals surface area (Å²) in [6, 6.07) is 1.63. The summed E-state index contributed by atoms with van der Waals surface area (Å²) in [6.45, 7) is 0. The second-order valence-corrected chi connectivity index (χ2v) is 2.33. The summed E-state index contributed by atoms with van der Waals surface area (Å²) >= 11 is 0. The number of hydrogen-bond acceptors (Lipinski definition) is 3. The predicted molar refractivity (Wildman–Crippen MR) is 41.0 cm³/mol. The van der Waals surface area contributed by atoms with E-state index < -0.39 is 5.97 Å². The molecular formula is C8H5NO3. The molecule has 2 aromatic rings. The second-order valence-electron chi connectivity index (χ2n) is 2.33. The lowest BCUT2D eigenvalue weighted by atomic mass is 10.2. The quantitative estimate of drug-likeness (QED) is 0.692. The highest BCUT2D eigenvalue weighted by atomic mass is 16.4. The van der Waals surface area contributed by atoms with Crippen LogP contribution in [-0.2, 0) is 0 Å². The summed E-state index contributed by atoms with van der Waals surface area (Å²) in [6.07, 6.45) is 4.24. The third kappa shape index (κ3) is 0.852. The van der Waals surface area contributed by atoms with E-state index in [-0.39, 0.29) is 5.56 Å². The molecule has 0 amide bonds. The Kier molecular flexibility index (Phi) is 1.33. The number of fused-ring (bicyclic) bond motifs is 1. The number of carbonyl (C=O) groups is 1. The number of aromatic nitrogens is 1. The maximum Gasteiger partial charge on any atom is 0.339 e. The van der Waals surface area contributed by atoms with Gasteiger partial charge in [-0.2, -0.15) is 0 Å². The van der Waals surface area contributed by atoms with Gasteiger partial charge in [-0.25, -0.2) is 4.79 Å². The van der Waals surface area contributed by atoms with E-state index in [2.05, 4.69) is 4.98 Å². The number of hydrogen-bond donors (Lipinski definition) is 1. The molecule has 0 fully saturated rings. The van der Waals surface area contributed by atoms with Crippen LogP contribution in [0.2, 0.25) is 0 Å². The molecule has 0 aromatic carbocycles. The van der Waals surface area contributed by atoms with Gasteiger partial charge in [0.25, 0.3) is 0 Å². The van der Waals surface area contributed by atoms with Crippen LogP contribution in [0.5, 0.6) is 0 Å². The van der Waals surface area contributed by atoms with Crippen LogP contribution in [-0.4, -0.2) is 16.1 Å². The number of nitrogens with zero attached hydrogens (tertiary/aromatic N) is 1. The van der Waals surface area contributed by atoms with E-state index in [0.29, 0.717) is 11.0 Å². The van der Waals surface area contributed by atoms with Gasteiger partial charge in [0, 0.05) is 12.4 Å². The average molecular weight is 163 g/mol. The topological polar surface area (TPSA) is 63.3 Å². The molecule has 0 aliphatic carbocycles. The van der Waals surface area contributed by atoms with Gasteiger partial charge in [-0.15, -0.1) is 0 Å². The molecule has 0 atom stereocenters. The molecule has 2 aromatic heterocycles. The van der Waals surface area contributed by atoms with Crippen LogP contribution in [0.3, 0.4) is 0 Å². The van der Waals surface area contributed by atoms with E-state index in [0.717, 1.165) is 0 Å². The molecule has 4 heteroatoms. The number of carboxylic acid groups (broad SMARTS) is 1. The zero-order chi connectivity index (χ0) is 8.55. The first-order valence-electron chi connectivity index (χ1n) is 3.33. The van der Waals surface area contributed by atoms with E-state index in [1.165, 1.54) is 12.5 Å². The molecule has 1 N–H and O–H groups in total. The number of rotatable bonds is 1. The highest BCUT2D eigenvalue weighted by molar-refractivity contribution is 6.01. The summed E-state index contributed by atoms with van der Waals surface area (Å²) in [5.41, 5.74) is 0.695. The molecule has 0 saturated heterocycles.